The normalized spacial score (nSPS) is 10.4. The largest absolute Gasteiger partial charge is 0.289 e. The predicted octanol–water partition coefficient (Wildman–Crippen LogP) is 4.50. The van der Waals surface area contributed by atoms with Gasteiger partial charge in [-0.2, -0.15) is 0 Å². The molecule has 0 saturated carbocycles. The minimum Gasteiger partial charge on any atom is -0.289 e. The first-order valence-electron chi connectivity index (χ1n) is 4.94. The van der Waals surface area contributed by atoms with Crippen molar-refractivity contribution < 1.29 is 13.6 Å². The molecule has 2 aromatic rings. The van der Waals surface area contributed by atoms with E-state index in [1.807, 2.05) is 0 Å². The van der Waals surface area contributed by atoms with E-state index in [-0.39, 0.29) is 16.1 Å². The van der Waals surface area contributed by atoms with E-state index < -0.39 is 17.4 Å². The summed E-state index contributed by atoms with van der Waals surface area (Å²) in [5, 5.41) is 0.545. The molecule has 2 rings (SSSR count). The molecule has 92 valence electrons. The molecule has 0 aliphatic rings. The van der Waals surface area contributed by atoms with Gasteiger partial charge in [0.25, 0.3) is 0 Å². The topological polar surface area (TPSA) is 17.1 Å². The zero-order valence-electron chi connectivity index (χ0n) is 8.88. The van der Waals surface area contributed by atoms with E-state index >= 15 is 0 Å². The van der Waals surface area contributed by atoms with Crippen LogP contribution in [0.25, 0.3) is 0 Å². The maximum Gasteiger partial charge on any atom is 0.193 e. The standard InChI is InChI=1S/C13H6Cl2F2O/c14-9-3-1-7(5-10(9)15)13(18)8-2-4-11(16)12(17)6-8/h1-6H. The van der Waals surface area contributed by atoms with Gasteiger partial charge in [-0.15, -0.1) is 0 Å². The maximum absolute atomic E-state index is 13.0. The molecule has 0 spiro atoms. The molecule has 18 heavy (non-hydrogen) atoms. The van der Waals surface area contributed by atoms with Gasteiger partial charge in [0.05, 0.1) is 10.0 Å². The molecule has 0 amide bonds. The Bertz CT molecular complexity index is 573. The molecule has 1 nitrogen and oxygen atoms in total. The molecule has 5 heteroatoms. The summed E-state index contributed by atoms with van der Waals surface area (Å²) >= 11 is 11.5. The third-order valence-electron chi connectivity index (χ3n) is 2.36. The second kappa shape index (κ2) is 5.04. The molecule has 0 aliphatic carbocycles. The number of carbonyl (C=O) groups is 1. The van der Waals surface area contributed by atoms with E-state index in [0.717, 1.165) is 12.1 Å². The molecular formula is C13H6Cl2F2O. The van der Waals surface area contributed by atoms with Gasteiger partial charge in [-0.25, -0.2) is 8.78 Å². The summed E-state index contributed by atoms with van der Waals surface area (Å²) in [6.07, 6.45) is 0. The Hall–Kier alpha value is -1.45. The molecule has 0 fully saturated rings. The van der Waals surface area contributed by atoms with Gasteiger partial charge in [0, 0.05) is 11.1 Å². The highest BCUT2D eigenvalue weighted by atomic mass is 35.5. The SMILES string of the molecule is O=C(c1ccc(F)c(F)c1)c1ccc(Cl)c(Cl)c1. The number of ketones is 1. The van der Waals surface area contributed by atoms with Crippen molar-refractivity contribution in [1.29, 1.82) is 0 Å². The molecule has 0 heterocycles. The van der Waals surface area contributed by atoms with E-state index in [0.29, 0.717) is 5.02 Å². The molecular weight excluding hydrogens is 281 g/mol. The summed E-state index contributed by atoms with van der Waals surface area (Å²) in [6, 6.07) is 7.28. The Kier molecular flexibility index (Phi) is 3.64. The Morgan fingerprint density at radius 3 is 2.06 bits per heavy atom. The summed E-state index contributed by atoms with van der Waals surface area (Å²) in [4.78, 5) is 12.0. The molecule has 0 aliphatic heterocycles. The second-order valence-electron chi connectivity index (χ2n) is 3.59. The van der Waals surface area contributed by atoms with Crippen LogP contribution in [-0.4, -0.2) is 5.78 Å². The van der Waals surface area contributed by atoms with Crippen LogP contribution in [0, 0.1) is 11.6 Å². The molecule has 0 aromatic heterocycles. The monoisotopic (exact) mass is 286 g/mol. The first-order chi connectivity index (χ1) is 8.49. The highest BCUT2D eigenvalue weighted by Crippen LogP contribution is 2.24. The van der Waals surface area contributed by atoms with Crippen molar-refractivity contribution in [3.8, 4) is 0 Å². The molecule has 0 unspecified atom stereocenters. The van der Waals surface area contributed by atoms with Crippen molar-refractivity contribution in [2.45, 2.75) is 0 Å². The van der Waals surface area contributed by atoms with Crippen LogP contribution in [0.3, 0.4) is 0 Å². The van der Waals surface area contributed by atoms with Crippen molar-refractivity contribution >= 4 is 29.0 Å². The maximum atomic E-state index is 13.0. The third-order valence-corrected chi connectivity index (χ3v) is 3.10. The molecule has 0 radical (unpaired) electrons. The van der Waals surface area contributed by atoms with Crippen LogP contribution in [0.1, 0.15) is 15.9 Å². The van der Waals surface area contributed by atoms with Crippen LogP contribution in [0.2, 0.25) is 10.0 Å². The quantitative estimate of drug-likeness (QED) is 0.743. The van der Waals surface area contributed by atoms with E-state index in [1.54, 1.807) is 0 Å². The summed E-state index contributed by atoms with van der Waals surface area (Å²) in [5.41, 5.74) is 0.308. The van der Waals surface area contributed by atoms with E-state index in [9.17, 15) is 13.6 Å². The summed E-state index contributed by atoms with van der Waals surface area (Å²) in [6.45, 7) is 0. The lowest BCUT2D eigenvalue weighted by molar-refractivity contribution is 0.103. The Labute approximate surface area is 112 Å². The lowest BCUT2D eigenvalue weighted by Crippen LogP contribution is -2.02. The number of hydrogen-bond donors (Lipinski definition) is 0. The Morgan fingerprint density at radius 2 is 1.44 bits per heavy atom. The fourth-order valence-corrected chi connectivity index (χ4v) is 1.74. The Balaban J connectivity index is 2.41. The van der Waals surface area contributed by atoms with E-state index in [1.165, 1.54) is 24.3 Å². The third kappa shape index (κ3) is 2.52. The van der Waals surface area contributed by atoms with Crippen molar-refractivity contribution in [2.24, 2.45) is 0 Å². The van der Waals surface area contributed by atoms with Crippen LogP contribution < -0.4 is 0 Å². The highest BCUT2D eigenvalue weighted by Gasteiger charge is 2.13. The van der Waals surface area contributed by atoms with Gasteiger partial charge < -0.3 is 0 Å². The lowest BCUT2D eigenvalue weighted by Gasteiger charge is -2.03. The second-order valence-corrected chi connectivity index (χ2v) is 4.40. The minimum absolute atomic E-state index is 0.0484. The summed E-state index contributed by atoms with van der Waals surface area (Å²) in [7, 11) is 0. The van der Waals surface area contributed by atoms with Crippen LogP contribution in [0.4, 0.5) is 8.78 Å². The molecule has 0 saturated heterocycles. The number of hydrogen-bond acceptors (Lipinski definition) is 1. The van der Waals surface area contributed by atoms with E-state index in [2.05, 4.69) is 0 Å². The molecule has 0 bridgehead atoms. The number of halogens is 4. The zero-order valence-corrected chi connectivity index (χ0v) is 10.4. The number of carbonyl (C=O) groups excluding carboxylic acids is 1. The van der Waals surface area contributed by atoms with Gasteiger partial charge in [0.1, 0.15) is 0 Å². The van der Waals surface area contributed by atoms with Crippen LogP contribution >= 0.6 is 23.2 Å². The van der Waals surface area contributed by atoms with Crippen LogP contribution in [-0.2, 0) is 0 Å². The average Bonchev–Trinajstić information content (AvgIpc) is 2.35. The fourth-order valence-electron chi connectivity index (χ4n) is 1.44. The lowest BCUT2D eigenvalue weighted by atomic mass is 10.0. The van der Waals surface area contributed by atoms with Crippen molar-refractivity contribution in [1.82, 2.24) is 0 Å². The average molecular weight is 287 g/mol. The highest BCUT2D eigenvalue weighted by molar-refractivity contribution is 6.42. The van der Waals surface area contributed by atoms with Gasteiger partial charge in [0.2, 0.25) is 0 Å². The van der Waals surface area contributed by atoms with Gasteiger partial charge in [-0.05, 0) is 36.4 Å². The minimum atomic E-state index is -1.07. The first kappa shape index (κ1) is 13.0. The number of rotatable bonds is 2. The summed E-state index contributed by atoms with van der Waals surface area (Å²) < 4.78 is 25.8. The van der Waals surface area contributed by atoms with Crippen LogP contribution in [0.15, 0.2) is 36.4 Å². The number of benzene rings is 2. The molecule has 0 atom stereocenters. The van der Waals surface area contributed by atoms with Crippen molar-refractivity contribution in [3.05, 3.63) is 69.2 Å². The van der Waals surface area contributed by atoms with Gasteiger partial charge in [0.15, 0.2) is 17.4 Å². The fraction of sp³-hybridized carbons (Fsp3) is 0. The predicted molar refractivity (Wildman–Crippen MR) is 66.3 cm³/mol. The summed E-state index contributed by atoms with van der Waals surface area (Å²) in [5.74, 6) is -2.52. The first-order valence-corrected chi connectivity index (χ1v) is 5.69. The molecule has 0 N–H and O–H groups in total. The zero-order chi connectivity index (χ0) is 13.3. The molecule has 2 aromatic carbocycles. The van der Waals surface area contributed by atoms with Crippen molar-refractivity contribution in [2.75, 3.05) is 0 Å². The van der Waals surface area contributed by atoms with Crippen LogP contribution in [0.5, 0.6) is 0 Å². The Morgan fingerprint density at radius 1 is 0.833 bits per heavy atom. The van der Waals surface area contributed by atoms with Gasteiger partial charge in [-0.1, -0.05) is 23.2 Å². The van der Waals surface area contributed by atoms with Crippen molar-refractivity contribution in [3.63, 3.8) is 0 Å². The van der Waals surface area contributed by atoms with Gasteiger partial charge in [-0.3, -0.25) is 4.79 Å². The van der Waals surface area contributed by atoms with Gasteiger partial charge >= 0.3 is 0 Å². The van der Waals surface area contributed by atoms with E-state index in [4.69, 9.17) is 23.2 Å². The smallest absolute Gasteiger partial charge is 0.193 e.